The highest BCUT2D eigenvalue weighted by atomic mass is 16.6. The van der Waals surface area contributed by atoms with Crippen molar-refractivity contribution in [2.75, 3.05) is 6.61 Å². The fourth-order valence-corrected chi connectivity index (χ4v) is 3.96. The van der Waals surface area contributed by atoms with E-state index in [1.54, 1.807) is 25.5 Å². The second-order valence-corrected chi connectivity index (χ2v) is 9.14. The lowest BCUT2D eigenvalue weighted by Gasteiger charge is -2.24. The van der Waals surface area contributed by atoms with Gasteiger partial charge in [-0.25, -0.2) is 14.3 Å². The Morgan fingerprint density at radius 1 is 0.914 bits per heavy atom. The van der Waals surface area contributed by atoms with Crippen molar-refractivity contribution in [1.29, 1.82) is 0 Å². The molecule has 0 aliphatic rings. The van der Waals surface area contributed by atoms with Gasteiger partial charge in [-0.05, 0) is 69.7 Å². The molecule has 35 heavy (non-hydrogen) atoms. The zero-order valence-corrected chi connectivity index (χ0v) is 21.3. The van der Waals surface area contributed by atoms with Gasteiger partial charge in [0.15, 0.2) is 5.60 Å². The minimum absolute atomic E-state index is 0.0279. The van der Waals surface area contributed by atoms with E-state index in [4.69, 9.17) is 9.47 Å². The number of aryl methyl sites for hydroxylation is 4. The summed E-state index contributed by atoms with van der Waals surface area (Å²) in [4.78, 5) is 25.0. The summed E-state index contributed by atoms with van der Waals surface area (Å²) in [6.45, 7) is 8.83. The van der Waals surface area contributed by atoms with Gasteiger partial charge in [0.1, 0.15) is 11.6 Å². The van der Waals surface area contributed by atoms with Crippen molar-refractivity contribution in [3.63, 3.8) is 0 Å². The van der Waals surface area contributed by atoms with E-state index in [1.807, 2.05) is 47.0 Å². The van der Waals surface area contributed by atoms with Gasteiger partial charge in [-0.2, -0.15) is 5.10 Å². The number of benzene rings is 2. The number of aromatic nitrogens is 3. The first kappa shape index (κ1) is 26.3. The molecule has 7 heteroatoms. The molecule has 0 radical (unpaired) electrons. The number of ether oxygens (including phenoxy) is 2. The summed E-state index contributed by atoms with van der Waals surface area (Å²) in [5.74, 6) is 1.04. The normalized spacial score (nSPS) is 11.4. The number of nitrogens with zero attached hydrogens (tertiary/aromatic N) is 3. The van der Waals surface area contributed by atoms with Crippen LogP contribution in [0.15, 0.2) is 59.4 Å². The SMILES string of the molecule is CCCn1c(CCc2ccc(OC(C)(C)C(=O)OCC)cc2)nn(CCCc2ccccc2)c1=O. The van der Waals surface area contributed by atoms with Gasteiger partial charge < -0.3 is 9.47 Å². The van der Waals surface area contributed by atoms with Crippen LogP contribution in [0.25, 0.3) is 0 Å². The van der Waals surface area contributed by atoms with Crippen LogP contribution < -0.4 is 10.4 Å². The molecule has 0 saturated heterocycles. The van der Waals surface area contributed by atoms with Crippen LogP contribution >= 0.6 is 0 Å². The molecular formula is C28H37N3O4. The number of carbonyl (C=O) groups excluding carboxylic acids is 1. The van der Waals surface area contributed by atoms with E-state index in [-0.39, 0.29) is 5.69 Å². The van der Waals surface area contributed by atoms with Crippen LogP contribution in [0, 0.1) is 0 Å². The van der Waals surface area contributed by atoms with E-state index in [1.165, 1.54) is 5.56 Å². The molecule has 3 aromatic rings. The third-order valence-electron chi connectivity index (χ3n) is 5.83. The molecule has 1 aromatic heterocycles. The number of hydrogen-bond donors (Lipinski definition) is 0. The summed E-state index contributed by atoms with van der Waals surface area (Å²) in [7, 11) is 0. The summed E-state index contributed by atoms with van der Waals surface area (Å²) >= 11 is 0. The molecule has 188 valence electrons. The van der Waals surface area contributed by atoms with E-state index in [2.05, 4.69) is 24.2 Å². The van der Waals surface area contributed by atoms with Crippen LogP contribution in [0.2, 0.25) is 0 Å². The monoisotopic (exact) mass is 479 g/mol. The number of rotatable bonds is 13. The van der Waals surface area contributed by atoms with Crippen LogP contribution in [0.3, 0.4) is 0 Å². The van der Waals surface area contributed by atoms with Gasteiger partial charge in [0.25, 0.3) is 0 Å². The van der Waals surface area contributed by atoms with Crippen LogP contribution in [-0.2, 0) is 41.9 Å². The Balaban J connectivity index is 1.61. The smallest absolute Gasteiger partial charge is 0.349 e. The van der Waals surface area contributed by atoms with Crippen LogP contribution in [0.1, 0.15) is 57.5 Å². The Bertz CT molecular complexity index is 1130. The molecular weight excluding hydrogens is 442 g/mol. The first-order chi connectivity index (χ1) is 16.8. The van der Waals surface area contributed by atoms with Crippen LogP contribution in [0.4, 0.5) is 0 Å². The van der Waals surface area contributed by atoms with E-state index in [0.717, 1.165) is 37.1 Å². The van der Waals surface area contributed by atoms with Gasteiger partial charge >= 0.3 is 11.7 Å². The lowest BCUT2D eigenvalue weighted by Crippen LogP contribution is -2.39. The van der Waals surface area contributed by atoms with E-state index >= 15 is 0 Å². The quantitative estimate of drug-likeness (QED) is 0.335. The highest BCUT2D eigenvalue weighted by Crippen LogP contribution is 2.21. The zero-order chi connectivity index (χ0) is 25.3. The molecule has 0 fully saturated rings. The summed E-state index contributed by atoms with van der Waals surface area (Å²) in [5, 5.41) is 4.67. The maximum absolute atomic E-state index is 12.9. The van der Waals surface area contributed by atoms with Crippen LogP contribution in [-0.4, -0.2) is 32.5 Å². The highest BCUT2D eigenvalue weighted by Gasteiger charge is 2.31. The predicted octanol–water partition coefficient (Wildman–Crippen LogP) is 4.59. The second-order valence-electron chi connectivity index (χ2n) is 9.14. The topological polar surface area (TPSA) is 75.3 Å². The minimum atomic E-state index is -1.05. The molecule has 0 unspecified atom stereocenters. The molecule has 0 aliphatic carbocycles. The van der Waals surface area contributed by atoms with E-state index in [0.29, 0.717) is 31.9 Å². The number of esters is 1. The zero-order valence-electron chi connectivity index (χ0n) is 21.3. The van der Waals surface area contributed by atoms with Crippen molar-refractivity contribution in [2.45, 2.75) is 78.5 Å². The third-order valence-corrected chi connectivity index (χ3v) is 5.83. The first-order valence-corrected chi connectivity index (χ1v) is 12.5. The number of carbonyl (C=O) groups is 1. The maximum atomic E-state index is 12.9. The molecule has 0 saturated carbocycles. The molecule has 3 rings (SSSR count). The lowest BCUT2D eigenvalue weighted by molar-refractivity contribution is -0.158. The third kappa shape index (κ3) is 7.31. The summed E-state index contributed by atoms with van der Waals surface area (Å²) in [5.41, 5.74) is 1.30. The van der Waals surface area contributed by atoms with E-state index < -0.39 is 11.6 Å². The fraction of sp³-hybridized carbons (Fsp3) is 0.464. The number of hydrogen-bond acceptors (Lipinski definition) is 5. The summed E-state index contributed by atoms with van der Waals surface area (Å²) in [6.07, 6.45) is 4.10. The molecule has 0 aliphatic heterocycles. The first-order valence-electron chi connectivity index (χ1n) is 12.5. The van der Waals surface area contributed by atoms with Crippen molar-refractivity contribution in [3.05, 3.63) is 82.0 Å². The molecule has 0 amide bonds. The molecule has 0 spiro atoms. The van der Waals surface area contributed by atoms with Crippen molar-refractivity contribution in [1.82, 2.24) is 14.3 Å². The van der Waals surface area contributed by atoms with Crippen molar-refractivity contribution >= 4 is 5.97 Å². The molecule has 0 N–H and O–H groups in total. The molecule has 2 aromatic carbocycles. The van der Waals surface area contributed by atoms with Crippen molar-refractivity contribution < 1.29 is 14.3 Å². The highest BCUT2D eigenvalue weighted by molar-refractivity contribution is 5.79. The van der Waals surface area contributed by atoms with Gasteiger partial charge in [-0.3, -0.25) is 4.57 Å². The van der Waals surface area contributed by atoms with E-state index in [9.17, 15) is 9.59 Å². The lowest BCUT2D eigenvalue weighted by atomic mass is 10.1. The second kappa shape index (κ2) is 12.4. The fourth-order valence-electron chi connectivity index (χ4n) is 3.96. The molecule has 7 nitrogen and oxygen atoms in total. The average molecular weight is 480 g/mol. The summed E-state index contributed by atoms with van der Waals surface area (Å²) in [6, 6.07) is 18.0. The summed E-state index contributed by atoms with van der Waals surface area (Å²) < 4.78 is 14.3. The Morgan fingerprint density at radius 3 is 2.26 bits per heavy atom. The van der Waals surface area contributed by atoms with Gasteiger partial charge in [0.05, 0.1) is 6.61 Å². The standard InChI is InChI=1S/C28H37N3O4/c1-5-20-30-25(29-31(27(30)33)21-10-13-22-11-8-7-9-12-22)19-16-23-14-17-24(18-15-23)35-28(3,4)26(32)34-6-2/h7-9,11-12,14-15,17-18H,5-6,10,13,16,19-21H2,1-4H3. The Kier molecular flexibility index (Phi) is 9.29. The van der Waals surface area contributed by atoms with Gasteiger partial charge in [-0.1, -0.05) is 49.4 Å². The average Bonchev–Trinajstić information content (AvgIpc) is 3.14. The van der Waals surface area contributed by atoms with Gasteiger partial charge in [0.2, 0.25) is 0 Å². The molecule has 1 heterocycles. The largest absolute Gasteiger partial charge is 0.476 e. The van der Waals surface area contributed by atoms with Gasteiger partial charge in [-0.15, -0.1) is 0 Å². The molecule has 0 atom stereocenters. The Hall–Kier alpha value is -3.35. The Morgan fingerprint density at radius 2 is 1.60 bits per heavy atom. The Labute approximate surface area is 207 Å². The van der Waals surface area contributed by atoms with Gasteiger partial charge in [0, 0.05) is 19.5 Å². The van der Waals surface area contributed by atoms with Crippen molar-refractivity contribution in [2.24, 2.45) is 0 Å². The van der Waals surface area contributed by atoms with Crippen molar-refractivity contribution in [3.8, 4) is 5.75 Å². The van der Waals surface area contributed by atoms with Crippen LogP contribution in [0.5, 0.6) is 5.75 Å². The molecule has 0 bridgehead atoms. The maximum Gasteiger partial charge on any atom is 0.349 e. The minimum Gasteiger partial charge on any atom is -0.476 e. The predicted molar refractivity (Wildman–Crippen MR) is 137 cm³/mol.